The molecule has 22 heavy (non-hydrogen) atoms. The normalized spacial score (nSPS) is 18.1. The summed E-state index contributed by atoms with van der Waals surface area (Å²) in [7, 11) is 0. The predicted octanol–water partition coefficient (Wildman–Crippen LogP) is 3.30. The van der Waals surface area contributed by atoms with Gasteiger partial charge in [0.1, 0.15) is 4.70 Å². The fourth-order valence-corrected chi connectivity index (χ4v) is 3.88. The minimum Gasteiger partial charge on any atom is -0.376 e. The number of aromatic nitrogens is 2. The molecule has 1 aliphatic rings. The van der Waals surface area contributed by atoms with E-state index in [4.69, 9.17) is 4.74 Å². The van der Waals surface area contributed by atoms with E-state index in [1.165, 1.54) is 11.3 Å². The Morgan fingerprint density at radius 2 is 2.18 bits per heavy atom. The van der Waals surface area contributed by atoms with Crippen molar-refractivity contribution >= 4 is 21.6 Å². The van der Waals surface area contributed by atoms with Crippen LogP contribution in [0.1, 0.15) is 12.8 Å². The molecule has 0 radical (unpaired) electrons. The highest BCUT2D eigenvalue weighted by Crippen LogP contribution is 2.30. The van der Waals surface area contributed by atoms with Gasteiger partial charge in [-0.15, -0.1) is 11.3 Å². The van der Waals surface area contributed by atoms with E-state index < -0.39 is 0 Å². The van der Waals surface area contributed by atoms with Gasteiger partial charge in [-0.3, -0.25) is 9.36 Å². The Hall–Kier alpha value is -1.98. The van der Waals surface area contributed by atoms with Crippen LogP contribution in [-0.4, -0.2) is 22.3 Å². The van der Waals surface area contributed by atoms with E-state index in [-0.39, 0.29) is 11.7 Å². The van der Waals surface area contributed by atoms with Gasteiger partial charge < -0.3 is 4.74 Å². The molecular weight excluding hydrogens is 296 g/mol. The molecule has 1 atom stereocenters. The van der Waals surface area contributed by atoms with E-state index >= 15 is 0 Å². The molecule has 4 nitrogen and oxygen atoms in total. The molecule has 0 saturated carbocycles. The Morgan fingerprint density at radius 3 is 2.95 bits per heavy atom. The number of hydrogen-bond acceptors (Lipinski definition) is 4. The highest BCUT2D eigenvalue weighted by Gasteiger charge is 2.18. The van der Waals surface area contributed by atoms with Crippen molar-refractivity contribution in [1.29, 1.82) is 0 Å². The molecule has 0 amide bonds. The van der Waals surface area contributed by atoms with Gasteiger partial charge in [0, 0.05) is 17.6 Å². The summed E-state index contributed by atoms with van der Waals surface area (Å²) in [6, 6.07) is 10.1. The van der Waals surface area contributed by atoms with Gasteiger partial charge in [-0.05, 0) is 18.4 Å². The summed E-state index contributed by atoms with van der Waals surface area (Å²) in [5, 5.41) is 2.02. The molecule has 1 saturated heterocycles. The Bertz CT molecular complexity index is 848. The van der Waals surface area contributed by atoms with E-state index in [0.717, 1.165) is 40.8 Å². The monoisotopic (exact) mass is 312 g/mol. The zero-order chi connectivity index (χ0) is 14.9. The van der Waals surface area contributed by atoms with Gasteiger partial charge in [0.05, 0.1) is 24.5 Å². The number of hydrogen-bond donors (Lipinski definition) is 0. The first-order valence-corrected chi connectivity index (χ1v) is 8.34. The summed E-state index contributed by atoms with van der Waals surface area (Å²) in [6.45, 7) is 1.40. The van der Waals surface area contributed by atoms with Gasteiger partial charge in [0.2, 0.25) is 0 Å². The fraction of sp³-hybridized carbons (Fsp3) is 0.294. The molecule has 3 aromatic rings. The van der Waals surface area contributed by atoms with Crippen LogP contribution in [0.15, 0.2) is 46.8 Å². The van der Waals surface area contributed by atoms with Crippen LogP contribution in [0.4, 0.5) is 0 Å². The lowest BCUT2D eigenvalue weighted by Crippen LogP contribution is -2.26. The standard InChI is InChI=1S/C17H16N2O2S/c20-17-16-15(14(10-22-16)12-5-2-1-3-6-12)18-11-19(17)9-13-7-4-8-21-13/h1-3,5-6,10-11,13H,4,7-9H2/t13-/m0/s1. The van der Waals surface area contributed by atoms with Crippen LogP contribution < -0.4 is 5.56 Å². The van der Waals surface area contributed by atoms with Crippen molar-refractivity contribution in [3.63, 3.8) is 0 Å². The first kappa shape index (κ1) is 13.7. The van der Waals surface area contributed by atoms with Crippen molar-refractivity contribution in [3.05, 3.63) is 52.4 Å². The Labute approximate surface area is 132 Å². The number of fused-ring (bicyclic) bond motifs is 1. The highest BCUT2D eigenvalue weighted by atomic mass is 32.1. The van der Waals surface area contributed by atoms with Crippen molar-refractivity contribution in [1.82, 2.24) is 9.55 Å². The van der Waals surface area contributed by atoms with E-state index in [2.05, 4.69) is 4.98 Å². The fourth-order valence-electron chi connectivity index (χ4n) is 2.90. The van der Waals surface area contributed by atoms with E-state index in [9.17, 15) is 4.79 Å². The van der Waals surface area contributed by atoms with Crippen molar-refractivity contribution in [2.75, 3.05) is 6.61 Å². The lowest BCUT2D eigenvalue weighted by molar-refractivity contribution is 0.0960. The first-order valence-electron chi connectivity index (χ1n) is 7.46. The van der Waals surface area contributed by atoms with Gasteiger partial charge in [-0.25, -0.2) is 4.98 Å². The molecule has 112 valence electrons. The lowest BCUT2D eigenvalue weighted by Gasteiger charge is -2.11. The van der Waals surface area contributed by atoms with Crippen molar-refractivity contribution in [2.24, 2.45) is 0 Å². The van der Waals surface area contributed by atoms with Gasteiger partial charge in [0.15, 0.2) is 0 Å². The second kappa shape index (κ2) is 5.66. The first-order chi connectivity index (χ1) is 10.8. The molecule has 0 bridgehead atoms. The molecular formula is C17H16N2O2S. The molecule has 2 aromatic heterocycles. The third-order valence-corrected chi connectivity index (χ3v) is 5.01. The van der Waals surface area contributed by atoms with E-state index in [1.54, 1.807) is 10.9 Å². The van der Waals surface area contributed by atoms with Crippen molar-refractivity contribution in [3.8, 4) is 11.1 Å². The molecule has 5 heteroatoms. The molecule has 1 aromatic carbocycles. The summed E-state index contributed by atoms with van der Waals surface area (Å²) in [5.41, 5.74) is 2.96. The minimum absolute atomic E-state index is 0.0349. The van der Waals surface area contributed by atoms with E-state index in [0.29, 0.717) is 6.54 Å². The van der Waals surface area contributed by atoms with Crippen LogP contribution in [0.5, 0.6) is 0 Å². The Morgan fingerprint density at radius 1 is 1.32 bits per heavy atom. The van der Waals surface area contributed by atoms with Crippen LogP contribution in [0.2, 0.25) is 0 Å². The molecule has 0 N–H and O–H groups in total. The maximum absolute atomic E-state index is 12.6. The molecule has 1 fully saturated rings. The average Bonchev–Trinajstić information content (AvgIpc) is 3.21. The summed E-state index contributed by atoms with van der Waals surface area (Å²) in [6.07, 6.45) is 3.90. The summed E-state index contributed by atoms with van der Waals surface area (Å²) < 4.78 is 8.02. The number of ether oxygens (including phenoxy) is 1. The third kappa shape index (κ3) is 2.36. The number of nitrogens with zero attached hydrogens (tertiary/aromatic N) is 2. The average molecular weight is 312 g/mol. The second-order valence-electron chi connectivity index (χ2n) is 5.53. The SMILES string of the molecule is O=c1c2scc(-c3ccccc3)c2ncn1C[C@@H]1CCCO1. The topological polar surface area (TPSA) is 44.1 Å². The van der Waals surface area contributed by atoms with Crippen LogP contribution in [0.25, 0.3) is 21.3 Å². The van der Waals surface area contributed by atoms with Crippen LogP contribution in [0.3, 0.4) is 0 Å². The highest BCUT2D eigenvalue weighted by molar-refractivity contribution is 7.17. The van der Waals surface area contributed by atoms with Gasteiger partial charge in [-0.1, -0.05) is 30.3 Å². The number of benzene rings is 1. The van der Waals surface area contributed by atoms with Crippen LogP contribution >= 0.6 is 11.3 Å². The summed E-state index contributed by atoms with van der Waals surface area (Å²) >= 11 is 1.47. The smallest absolute Gasteiger partial charge is 0.271 e. The predicted molar refractivity (Wildman–Crippen MR) is 88.3 cm³/mol. The number of thiophene rings is 1. The molecule has 3 heterocycles. The van der Waals surface area contributed by atoms with Crippen molar-refractivity contribution < 1.29 is 4.74 Å². The van der Waals surface area contributed by atoms with Crippen molar-refractivity contribution in [2.45, 2.75) is 25.5 Å². The molecule has 4 rings (SSSR count). The lowest BCUT2D eigenvalue weighted by atomic mass is 10.1. The zero-order valence-corrected chi connectivity index (χ0v) is 12.9. The largest absolute Gasteiger partial charge is 0.376 e. The molecule has 1 aliphatic heterocycles. The van der Waals surface area contributed by atoms with Gasteiger partial charge in [0.25, 0.3) is 5.56 Å². The van der Waals surface area contributed by atoms with Crippen LogP contribution in [0, 0.1) is 0 Å². The summed E-state index contributed by atoms with van der Waals surface area (Å²) in [4.78, 5) is 17.2. The maximum atomic E-state index is 12.6. The summed E-state index contributed by atoms with van der Waals surface area (Å²) in [5.74, 6) is 0. The van der Waals surface area contributed by atoms with Gasteiger partial charge >= 0.3 is 0 Å². The second-order valence-corrected chi connectivity index (χ2v) is 6.41. The molecule has 0 spiro atoms. The molecule has 0 aliphatic carbocycles. The maximum Gasteiger partial charge on any atom is 0.271 e. The molecule has 0 unspecified atom stereocenters. The quantitative estimate of drug-likeness (QED) is 0.745. The minimum atomic E-state index is 0.0349. The Balaban J connectivity index is 1.76. The van der Waals surface area contributed by atoms with Gasteiger partial charge in [-0.2, -0.15) is 0 Å². The Kier molecular flexibility index (Phi) is 3.52. The number of rotatable bonds is 3. The zero-order valence-electron chi connectivity index (χ0n) is 12.1. The van der Waals surface area contributed by atoms with E-state index in [1.807, 2.05) is 35.7 Å². The third-order valence-electron chi connectivity index (χ3n) is 4.06. The van der Waals surface area contributed by atoms with Crippen LogP contribution in [-0.2, 0) is 11.3 Å².